The lowest BCUT2D eigenvalue weighted by Crippen LogP contribution is -2.64. The Morgan fingerprint density at radius 2 is 1.79 bits per heavy atom. The second-order valence-corrected chi connectivity index (χ2v) is 17.7. The molecule has 0 aromatic rings. The van der Waals surface area contributed by atoms with Gasteiger partial charge in [0.1, 0.15) is 0 Å². The van der Waals surface area contributed by atoms with Crippen molar-refractivity contribution < 1.29 is 4.43 Å². The van der Waals surface area contributed by atoms with Crippen LogP contribution in [-0.4, -0.2) is 14.4 Å². The lowest BCUT2D eigenvalue weighted by molar-refractivity contribution is -0.205. The number of fused-ring (bicyclic) bond motifs is 2. The minimum atomic E-state index is -1.72. The molecular weight excluding hydrogens is 356 g/mol. The predicted octanol–water partition coefficient (Wildman–Crippen LogP) is 8.37. The van der Waals surface area contributed by atoms with Crippen molar-refractivity contribution in [2.45, 2.75) is 125 Å². The van der Waals surface area contributed by atoms with Crippen LogP contribution in [0.1, 0.15) is 100 Å². The highest BCUT2D eigenvalue weighted by Gasteiger charge is 2.63. The van der Waals surface area contributed by atoms with E-state index in [2.05, 4.69) is 68.5 Å². The first-order valence-corrected chi connectivity index (χ1v) is 15.0. The Kier molecular flexibility index (Phi) is 5.86. The van der Waals surface area contributed by atoms with Crippen LogP contribution in [-0.2, 0) is 4.43 Å². The summed E-state index contributed by atoms with van der Waals surface area (Å²) in [4.78, 5) is 0. The molecular formula is C26H48OSi. The van der Waals surface area contributed by atoms with Crippen LogP contribution in [0.3, 0.4) is 0 Å². The fourth-order valence-corrected chi connectivity index (χ4v) is 8.20. The molecule has 4 aliphatic carbocycles. The molecule has 4 aliphatic rings. The number of hydrogen-bond acceptors (Lipinski definition) is 1. The standard InChI is InChI=1S/C26H48OSi/c1-11-19-12-13-20(18(19)2)14-15-26(8)17-22(21-16-23(26)25(21,6)7)27-28(9,10)24(3,4)5/h20-23H,11-17H2,1-10H3/t20-,21+,22+,23+,26+/m1/s1. The highest BCUT2D eigenvalue weighted by atomic mass is 28.4. The van der Waals surface area contributed by atoms with Gasteiger partial charge in [0.25, 0.3) is 0 Å². The van der Waals surface area contributed by atoms with Gasteiger partial charge in [-0.15, -0.1) is 0 Å². The molecule has 28 heavy (non-hydrogen) atoms. The normalized spacial score (nSPS) is 37.9. The van der Waals surface area contributed by atoms with E-state index in [1.54, 1.807) is 11.1 Å². The van der Waals surface area contributed by atoms with Crippen LogP contribution in [0.25, 0.3) is 0 Å². The molecule has 0 heterocycles. The quantitative estimate of drug-likeness (QED) is 0.319. The number of rotatable bonds is 6. The smallest absolute Gasteiger partial charge is 0.192 e. The van der Waals surface area contributed by atoms with Crippen LogP contribution in [0.4, 0.5) is 0 Å². The van der Waals surface area contributed by atoms with E-state index in [0.717, 1.165) is 17.8 Å². The molecule has 0 amide bonds. The summed E-state index contributed by atoms with van der Waals surface area (Å²) in [6.07, 6.45) is 10.0. The van der Waals surface area contributed by atoms with Crippen LogP contribution < -0.4 is 0 Å². The monoisotopic (exact) mass is 404 g/mol. The molecule has 0 radical (unpaired) electrons. The molecule has 0 unspecified atom stereocenters. The van der Waals surface area contributed by atoms with Crippen molar-refractivity contribution in [1.29, 1.82) is 0 Å². The minimum Gasteiger partial charge on any atom is -0.414 e. The summed E-state index contributed by atoms with van der Waals surface area (Å²) >= 11 is 0. The first-order chi connectivity index (χ1) is 12.7. The summed E-state index contributed by atoms with van der Waals surface area (Å²) in [5.74, 6) is 2.52. The first kappa shape index (κ1) is 22.6. The Balaban J connectivity index is 1.73. The lowest BCUT2D eigenvalue weighted by atomic mass is 9.39. The molecule has 2 bridgehead atoms. The summed E-state index contributed by atoms with van der Waals surface area (Å²) in [5, 5.41) is 0.302. The Hall–Kier alpha value is -0.0831. The Bertz CT molecular complexity index is 623. The van der Waals surface area contributed by atoms with Gasteiger partial charge in [-0.1, -0.05) is 59.6 Å². The largest absolute Gasteiger partial charge is 0.414 e. The van der Waals surface area contributed by atoms with E-state index in [-0.39, 0.29) is 0 Å². The van der Waals surface area contributed by atoms with Crippen LogP contribution in [0.2, 0.25) is 18.1 Å². The summed E-state index contributed by atoms with van der Waals surface area (Å²) in [6.45, 7) is 24.5. The Labute approximate surface area is 177 Å². The molecule has 0 spiro atoms. The second-order valence-electron chi connectivity index (χ2n) is 12.9. The molecule has 0 aliphatic heterocycles. The third kappa shape index (κ3) is 3.70. The average Bonchev–Trinajstić information content (AvgIpc) is 2.90. The molecule has 5 atom stereocenters. The molecule has 3 saturated carbocycles. The third-order valence-electron chi connectivity index (χ3n) is 10.0. The lowest BCUT2D eigenvalue weighted by Gasteiger charge is -2.68. The van der Waals surface area contributed by atoms with Crippen molar-refractivity contribution in [3.05, 3.63) is 11.1 Å². The van der Waals surface area contributed by atoms with Gasteiger partial charge in [0.2, 0.25) is 0 Å². The van der Waals surface area contributed by atoms with Crippen LogP contribution in [0, 0.1) is 28.6 Å². The van der Waals surface area contributed by atoms with Crippen LogP contribution in [0.5, 0.6) is 0 Å². The number of hydrogen-bond donors (Lipinski definition) is 0. The topological polar surface area (TPSA) is 9.23 Å². The summed E-state index contributed by atoms with van der Waals surface area (Å²) in [5.41, 5.74) is 4.40. The van der Waals surface area contributed by atoms with E-state index >= 15 is 0 Å². The predicted molar refractivity (Wildman–Crippen MR) is 125 cm³/mol. The molecule has 0 aromatic carbocycles. The fraction of sp³-hybridized carbons (Fsp3) is 0.923. The van der Waals surface area contributed by atoms with Crippen LogP contribution in [0.15, 0.2) is 11.1 Å². The molecule has 0 N–H and O–H groups in total. The molecule has 0 saturated heterocycles. The van der Waals surface area contributed by atoms with E-state index in [1.165, 1.54) is 44.9 Å². The maximum atomic E-state index is 7.08. The molecule has 1 nitrogen and oxygen atoms in total. The summed E-state index contributed by atoms with van der Waals surface area (Å²) in [6, 6.07) is 0. The van der Waals surface area contributed by atoms with Gasteiger partial charge in [-0.05, 0) is 98.6 Å². The van der Waals surface area contributed by atoms with Crippen molar-refractivity contribution in [2.24, 2.45) is 28.6 Å². The van der Waals surface area contributed by atoms with Gasteiger partial charge < -0.3 is 4.43 Å². The maximum absolute atomic E-state index is 7.08. The Morgan fingerprint density at radius 3 is 2.29 bits per heavy atom. The van der Waals surface area contributed by atoms with Crippen molar-refractivity contribution in [3.8, 4) is 0 Å². The van der Waals surface area contributed by atoms with Crippen molar-refractivity contribution in [2.75, 3.05) is 0 Å². The number of allylic oxidation sites excluding steroid dienone is 2. The van der Waals surface area contributed by atoms with Gasteiger partial charge in [-0.3, -0.25) is 0 Å². The summed E-state index contributed by atoms with van der Waals surface area (Å²) < 4.78 is 7.08. The van der Waals surface area contributed by atoms with Gasteiger partial charge in [0.05, 0.1) is 0 Å². The third-order valence-corrected chi connectivity index (χ3v) is 14.5. The van der Waals surface area contributed by atoms with Crippen molar-refractivity contribution >= 4 is 8.32 Å². The minimum absolute atomic E-state index is 0.302. The van der Waals surface area contributed by atoms with Gasteiger partial charge in [-0.2, -0.15) is 0 Å². The van der Waals surface area contributed by atoms with Gasteiger partial charge in [-0.25, -0.2) is 0 Å². The zero-order chi connectivity index (χ0) is 21.1. The Morgan fingerprint density at radius 1 is 1.14 bits per heavy atom. The molecule has 4 rings (SSSR count). The van der Waals surface area contributed by atoms with E-state index in [0.29, 0.717) is 22.0 Å². The first-order valence-electron chi connectivity index (χ1n) is 12.1. The average molecular weight is 405 g/mol. The zero-order valence-corrected chi connectivity index (χ0v) is 21.7. The summed E-state index contributed by atoms with van der Waals surface area (Å²) in [7, 11) is -1.72. The molecule has 162 valence electrons. The van der Waals surface area contributed by atoms with E-state index in [4.69, 9.17) is 4.43 Å². The second kappa shape index (κ2) is 7.26. The van der Waals surface area contributed by atoms with Gasteiger partial charge in [0, 0.05) is 6.10 Å². The van der Waals surface area contributed by atoms with Gasteiger partial charge >= 0.3 is 0 Å². The fourth-order valence-electron chi connectivity index (χ4n) is 6.84. The zero-order valence-electron chi connectivity index (χ0n) is 20.7. The van der Waals surface area contributed by atoms with E-state index in [9.17, 15) is 0 Å². The van der Waals surface area contributed by atoms with E-state index < -0.39 is 8.32 Å². The maximum Gasteiger partial charge on any atom is 0.192 e. The van der Waals surface area contributed by atoms with Gasteiger partial charge in [0.15, 0.2) is 8.32 Å². The van der Waals surface area contributed by atoms with E-state index in [1.807, 2.05) is 0 Å². The molecule has 2 heteroatoms. The van der Waals surface area contributed by atoms with Crippen molar-refractivity contribution in [1.82, 2.24) is 0 Å². The molecule has 3 fully saturated rings. The highest BCUT2D eigenvalue weighted by molar-refractivity contribution is 6.74. The highest BCUT2D eigenvalue weighted by Crippen LogP contribution is 2.68. The van der Waals surface area contributed by atoms with Crippen LogP contribution >= 0.6 is 0 Å². The van der Waals surface area contributed by atoms with Crippen molar-refractivity contribution in [3.63, 3.8) is 0 Å². The molecule has 0 aromatic heterocycles. The SMILES string of the molecule is CCC1=C(C)[C@@H](CC[C@@]2(C)C[C@H](O[Si](C)(C)C(C)(C)C)[C@@H]3C[C@H]2C3(C)C)CC1.